The summed E-state index contributed by atoms with van der Waals surface area (Å²) in [6.45, 7) is 3.21. The Balaban J connectivity index is 2.82. The van der Waals surface area contributed by atoms with E-state index in [4.69, 9.17) is 0 Å². The number of carbonyl (C=O) groups is 1. The molecule has 2 rings (SSSR count). The molecule has 2 aromatic rings. The molecule has 0 saturated carbocycles. The lowest BCUT2D eigenvalue weighted by Gasteiger charge is -2.21. The van der Waals surface area contributed by atoms with Gasteiger partial charge in [0.05, 0.1) is 0 Å². The third-order valence-electron chi connectivity index (χ3n) is 3.30. The molecule has 0 spiro atoms. The summed E-state index contributed by atoms with van der Waals surface area (Å²) >= 11 is 0.924. The fraction of sp³-hybridized carbons (Fsp3) is 0.333. The molecule has 1 amide bonds. The van der Waals surface area contributed by atoms with E-state index < -0.39 is 40.7 Å². The highest BCUT2D eigenvalue weighted by atomic mass is 32.2. The van der Waals surface area contributed by atoms with Crippen LogP contribution in [0.25, 0.3) is 0 Å². The number of benzene rings is 1. The van der Waals surface area contributed by atoms with E-state index in [1.54, 1.807) is 6.92 Å². The lowest BCUT2D eigenvalue weighted by Crippen LogP contribution is -2.21. The Hall–Kier alpha value is -2.17. The molecule has 142 valence electrons. The quantitative estimate of drug-likeness (QED) is 0.401. The predicted molar refractivity (Wildman–Crippen MR) is 83.8 cm³/mol. The molecule has 1 heterocycles. The van der Waals surface area contributed by atoms with Gasteiger partial charge in [0.25, 0.3) is 0 Å². The lowest BCUT2D eigenvalue weighted by molar-refractivity contribution is -0.141. The van der Waals surface area contributed by atoms with E-state index in [1.165, 1.54) is 6.92 Å². The number of aromatic nitrogens is 2. The van der Waals surface area contributed by atoms with Crippen molar-refractivity contribution in [3.05, 3.63) is 35.3 Å². The van der Waals surface area contributed by atoms with Crippen LogP contribution in [-0.4, -0.2) is 21.9 Å². The Morgan fingerprint density at radius 2 is 1.73 bits per heavy atom. The molecule has 0 aliphatic carbocycles. The summed E-state index contributed by atoms with van der Waals surface area (Å²) in [5, 5.41) is 3.36. The molecule has 4 nitrogen and oxygen atoms in total. The second-order valence-corrected chi connectivity index (χ2v) is 6.20. The van der Waals surface area contributed by atoms with Crippen LogP contribution in [-0.2, 0) is 17.5 Å². The zero-order valence-electron chi connectivity index (χ0n) is 13.6. The van der Waals surface area contributed by atoms with Gasteiger partial charge in [-0.3, -0.25) is 14.4 Å². The van der Waals surface area contributed by atoms with Gasteiger partial charge in [0.1, 0.15) is 22.2 Å². The van der Waals surface area contributed by atoms with Crippen LogP contribution in [0.5, 0.6) is 0 Å². The molecule has 0 fully saturated rings. The smallest absolute Gasteiger partial charge is 0.278 e. The highest BCUT2D eigenvalue weighted by molar-refractivity contribution is 7.99. The molecule has 0 saturated heterocycles. The van der Waals surface area contributed by atoms with Gasteiger partial charge in [-0.05, 0) is 12.7 Å². The van der Waals surface area contributed by atoms with Gasteiger partial charge < -0.3 is 0 Å². The summed E-state index contributed by atoms with van der Waals surface area (Å²) in [6, 6.07) is 0.554. The van der Waals surface area contributed by atoms with Crippen molar-refractivity contribution in [1.29, 1.82) is 0 Å². The molecule has 1 aromatic carbocycles. The average Bonchev–Trinajstić information content (AvgIpc) is 2.89. The number of alkyl halides is 3. The first-order valence-electron chi connectivity index (χ1n) is 7.35. The van der Waals surface area contributed by atoms with Crippen molar-refractivity contribution in [2.75, 3.05) is 10.7 Å². The Morgan fingerprint density at radius 3 is 2.15 bits per heavy atom. The minimum atomic E-state index is -4.98. The Labute approximate surface area is 148 Å². The fourth-order valence-electron chi connectivity index (χ4n) is 2.32. The lowest BCUT2D eigenvalue weighted by atomic mass is 10.2. The summed E-state index contributed by atoms with van der Waals surface area (Å²) in [4.78, 5) is 11.7. The molecular formula is C15H13F6N3OS. The molecule has 0 radical (unpaired) electrons. The SMILES string of the molecule is CCSc1c(N(C=O)c2c(F)cc(F)cc2F)c(C(F)(F)F)nn1CC. The number of carbonyl (C=O) groups excluding carboxylic acids is 1. The third kappa shape index (κ3) is 3.67. The molecule has 0 bridgehead atoms. The largest absolute Gasteiger partial charge is 0.437 e. The van der Waals surface area contributed by atoms with Gasteiger partial charge in [-0.15, -0.1) is 11.8 Å². The van der Waals surface area contributed by atoms with Gasteiger partial charge in [-0.2, -0.15) is 18.3 Å². The summed E-state index contributed by atoms with van der Waals surface area (Å²) in [7, 11) is 0. The van der Waals surface area contributed by atoms with Crippen LogP contribution in [0.1, 0.15) is 19.5 Å². The first kappa shape index (κ1) is 20.1. The van der Waals surface area contributed by atoms with E-state index in [1.807, 2.05) is 0 Å². The minimum Gasteiger partial charge on any atom is -0.278 e. The monoisotopic (exact) mass is 397 g/mol. The molecule has 1 aromatic heterocycles. The average molecular weight is 397 g/mol. The molecule has 0 N–H and O–H groups in total. The number of hydrogen-bond acceptors (Lipinski definition) is 3. The van der Waals surface area contributed by atoms with Crippen LogP contribution in [0.15, 0.2) is 17.2 Å². The number of aryl methyl sites for hydroxylation is 1. The van der Waals surface area contributed by atoms with Crippen LogP contribution in [0.3, 0.4) is 0 Å². The second kappa shape index (κ2) is 7.60. The van der Waals surface area contributed by atoms with E-state index in [2.05, 4.69) is 5.10 Å². The maximum atomic E-state index is 14.1. The number of halogens is 6. The molecule has 0 aliphatic rings. The van der Waals surface area contributed by atoms with Crippen LogP contribution in [0, 0.1) is 17.5 Å². The fourth-order valence-corrected chi connectivity index (χ4v) is 3.25. The van der Waals surface area contributed by atoms with Crippen LogP contribution >= 0.6 is 11.8 Å². The third-order valence-corrected chi connectivity index (χ3v) is 4.27. The number of thioether (sulfide) groups is 1. The number of rotatable bonds is 6. The Morgan fingerprint density at radius 1 is 1.15 bits per heavy atom. The Bertz CT molecular complexity index is 797. The summed E-state index contributed by atoms with van der Waals surface area (Å²) in [6.07, 6.45) is -5.14. The summed E-state index contributed by atoms with van der Waals surface area (Å²) < 4.78 is 82.5. The predicted octanol–water partition coefficient (Wildman–Crippen LogP) is 4.75. The molecular weight excluding hydrogens is 384 g/mol. The van der Waals surface area contributed by atoms with Gasteiger partial charge in [0.2, 0.25) is 6.41 Å². The van der Waals surface area contributed by atoms with Crippen LogP contribution in [0.2, 0.25) is 0 Å². The molecule has 26 heavy (non-hydrogen) atoms. The van der Waals surface area contributed by atoms with Gasteiger partial charge in [-0.1, -0.05) is 6.92 Å². The maximum absolute atomic E-state index is 14.1. The maximum Gasteiger partial charge on any atom is 0.437 e. The standard InChI is InChI=1S/C15H13F6N3OS/c1-3-24-14(26-4-2)12(13(22-24)15(19,20)21)23(7-25)11-9(17)5-8(16)6-10(11)18/h5-7H,3-4H2,1-2H3. The zero-order chi connectivity index (χ0) is 19.6. The van der Waals surface area contributed by atoms with Gasteiger partial charge >= 0.3 is 6.18 Å². The summed E-state index contributed by atoms with van der Waals surface area (Å²) in [5.41, 5.74) is -3.38. The van der Waals surface area contributed by atoms with Crippen molar-refractivity contribution in [2.45, 2.75) is 31.6 Å². The van der Waals surface area contributed by atoms with Crippen molar-refractivity contribution in [3.8, 4) is 0 Å². The highest BCUT2D eigenvalue weighted by Crippen LogP contribution is 2.44. The molecule has 0 unspecified atom stereocenters. The van der Waals surface area contributed by atoms with E-state index in [0.29, 0.717) is 5.75 Å². The first-order valence-corrected chi connectivity index (χ1v) is 8.34. The second-order valence-electron chi connectivity index (χ2n) is 4.94. The molecule has 0 atom stereocenters. The van der Waals surface area contributed by atoms with E-state index >= 15 is 0 Å². The van der Waals surface area contributed by atoms with Gasteiger partial charge in [0, 0.05) is 18.7 Å². The van der Waals surface area contributed by atoms with Crippen LogP contribution < -0.4 is 4.90 Å². The Kier molecular flexibility index (Phi) is 5.89. The number of nitrogens with zero attached hydrogens (tertiary/aromatic N) is 3. The van der Waals surface area contributed by atoms with Crippen molar-refractivity contribution in [2.24, 2.45) is 0 Å². The number of anilines is 2. The molecule has 0 aliphatic heterocycles. The van der Waals surface area contributed by atoms with Crippen molar-refractivity contribution in [1.82, 2.24) is 9.78 Å². The van der Waals surface area contributed by atoms with Crippen LogP contribution in [0.4, 0.5) is 37.7 Å². The number of amides is 1. The van der Waals surface area contributed by atoms with Crippen molar-refractivity contribution in [3.63, 3.8) is 0 Å². The zero-order valence-corrected chi connectivity index (χ0v) is 14.4. The number of hydrogen-bond donors (Lipinski definition) is 0. The minimum absolute atomic E-state index is 0.0342. The highest BCUT2D eigenvalue weighted by Gasteiger charge is 2.42. The normalized spacial score (nSPS) is 11.7. The first-order chi connectivity index (χ1) is 12.1. The van der Waals surface area contributed by atoms with Crippen molar-refractivity contribution >= 4 is 29.5 Å². The van der Waals surface area contributed by atoms with Gasteiger partial charge in [0.15, 0.2) is 17.3 Å². The topological polar surface area (TPSA) is 38.1 Å². The van der Waals surface area contributed by atoms with Crippen molar-refractivity contribution < 1.29 is 31.1 Å². The summed E-state index contributed by atoms with van der Waals surface area (Å²) in [5.74, 6) is -3.98. The van der Waals surface area contributed by atoms with E-state index in [-0.39, 0.29) is 35.0 Å². The van der Waals surface area contributed by atoms with Gasteiger partial charge in [-0.25, -0.2) is 13.2 Å². The van der Waals surface area contributed by atoms with E-state index in [0.717, 1.165) is 16.4 Å². The molecule has 11 heteroatoms. The van der Waals surface area contributed by atoms with E-state index in [9.17, 15) is 31.1 Å².